The van der Waals surface area contributed by atoms with Crippen molar-refractivity contribution in [1.82, 2.24) is 5.32 Å². The Kier molecular flexibility index (Phi) is 3.94. The number of β-amino-alcohol motifs (C(OH)–C–C–N with tert-alkyl or cyclic N) is 1. The monoisotopic (exact) mass is 175 g/mol. The maximum atomic E-state index is 9.91. The van der Waals surface area contributed by atoms with E-state index in [0.29, 0.717) is 32.8 Å². The summed E-state index contributed by atoms with van der Waals surface area (Å²) in [5.41, 5.74) is -0.744. The van der Waals surface area contributed by atoms with Crippen LogP contribution in [0.25, 0.3) is 0 Å². The Morgan fingerprint density at radius 1 is 1.67 bits per heavy atom. The second-order valence-corrected chi connectivity index (χ2v) is 3.20. The molecule has 0 aromatic heterocycles. The summed E-state index contributed by atoms with van der Waals surface area (Å²) in [6.07, 6.45) is 0.622. The molecule has 4 nitrogen and oxygen atoms in total. The van der Waals surface area contributed by atoms with Crippen LogP contribution in [0, 0.1) is 0 Å². The summed E-state index contributed by atoms with van der Waals surface area (Å²) in [5, 5.41) is 13.0. The molecule has 72 valence electrons. The van der Waals surface area contributed by atoms with E-state index in [1.807, 2.05) is 0 Å². The lowest BCUT2D eigenvalue weighted by molar-refractivity contribution is -0.0452. The normalized spacial score (nSPS) is 31.5. The van der Waals surface area contributed by atoms with E-state index in [0.717, 1.165) is 6.54 Å². The van der Waals surface area contributed by atoms with Crippen LogP contribution < -0.4 is 5.32 Å². The van der Waals surface area contributed by atoms with Gasteiger partial charge in [-0.3, -0.25) is 0 Å². The highest BCUT2D eigenvalue weighted by Crippen LogP contribution is 2.11. The number of aliphatic hydroxyl groups is 1. The molecular formula is C8H17NO3. The van der Waals surface area contributed by atoms with Crippen LogP contribution in [0.2, 0.25) is 0 Å². The lowest BCUT2D eigenvalue weighted by atomic mass is 10.0. The van der Waals surface area contributed by atoms with Crippen molar-refractivity contribution < 1.29 is 14.6 Å². The van der Waals surface area contributed by atoms with Crippen molar-refractivity contribution in [2.24, 2.45) is 0 Å². The standard InChI is InChI=1S/C8H17NO3/c1-11-4-2-8(10)6-9-3-5-12-7-8/h9-10H,2-7H2,1H3. The third kappa shape index (κ3) is 3.06. The number of nitrogens with one attached hydrogen (secondary N) is 1. The zero-order valence-electron chi connectivity index (χ0n) is 7.51. The van der Waals surface area contributed by atoms with E-state index in [1.165, 1.54) is 0 Å². The van der Waals surface area contributed by atoms with Gasteiger partial charge >= 0.3 is 0 Å². The van der Waals surface area contributed by atoms with Gasteiger partial charge in [0.25, 0.3) is 0 Å². The molecule has 0 bridgehead atoms. The first-order valence-corrected chi connectivity index (χ1v) is 4.27. The van der Waals surface area contributed by atoms with E-state index in [4.69, 9.17) is 9.47 Å². The quantitative estimate of drug-likeness (QED) is 0.600. The summed E-state index contributed by atoms with van der Waals surface area (Å²) < 4.78 is 10.1. The molecule has 12 heavy (non-hydrogen) atoms. The maximum Gasteiger partial charge on any atom is 0.102 e. The van der Waals surface area contributed by atoms with Crippen molar-refractivity contribution in [3.05, 3.63) is 0 Å². The zero-order chi connectivity index (χ0) is 8.86. The van der Waals surface area contributed by atoms with Crippen molar-refractivity contribution in [1.29, 1.82) is 0 Å². The Morgan fingerprint density at radius 2 is 2.50 bits per heavy atom. The van der Waals surface area contributed by atoms with E-state index in [2.05, 4.69) is 5.32 Å². The number of ether oxygens (including phenoxy) is 2. The second kappa shape index (κ2) is 4.77. The molecule has 1 rings (SSSR count). The average molecular weight is 175 g/mol. The lowest BCUT2D eigenvalue weighted by Gasteiger charge is -2.25. The third-order valence-electron chi connectivity index (χ3n) is 2.02. The van der Waals surface area contributed by atoms with Crippen molar-refractivity contribution >= 4 is 0 Å². The molecule has 0 aromatic carbocycles. The van der Waals surface area contributed by atoms with Crippen molar-refractivity contribution in [3.8, 4) is 0 Å². The number of rotatable bonds is 3. The van der Waals surface area contributed by atoms with Gasteiger partial charge in [0.15, 0.2) is 0 Å². The van der Waals surface area contributed by atoms with Gasteiger partial charge in [0, 0.05) is 33.2 Å². The van der Waals surface area contributed by atoms with E-state index >= 15 is 0 Å². The van der Waals surface area contributed by atoms with Gasteiger partial charge in [-0.2, -0.15) is 0 Å². The van der Waals surface area contributed by atoms with E-state index in [9.17, 15) is 5.11 Å². The SMILES string of the molecule is COCCC1(O)CNCCOC1. The van der Waals surface area contributed by atoms with Gasteiger partial charge in [0.1, 0.15) is 5.60 Å². The third-order valence-corrected chi connectivity index (χ3v) is 2.02. The first kappa shape index (κ1) is 9.92. The predicted molar refractivity (Wildman–Crippen MR) is 45.1 cm³/mol. The topological polar surface area (TPSA) is 50.7 Å². The Labute approximate surface area is 72.9 Å². The number of hydrogen-bond acceptors (Lipinski definition) is 4. The van der Waals surface area contributed by atoms with Crippen LogP contribution in [-0.4, -0.2) is 50.7 Å². The highest BCUT2D eigenvalue weighted by molar-refractivity contribution is 4.82. The van der Waals surface area contributed by atoms with Crippen LogP contribution in [-0.2, 0) is 9.47 Å². The van der Waals surface area contributed by atoms with Crippen molar-refractivity contribution in [2.75, 3.05) is 40.0 Å². The van der Waals surface area contributed by atoms with Crippen LogP contribution in [0.4, 0.5) is 0 Å². The van der Waals surface area contributed by atoms with Crippen molar-refractivity contribution in [2.45, 2.75) is 12.0 Å². The smallest absolute Gasteiger partial charge is 0.102 e. The molecule has 1 fully saturated rings. The van der Waals surface area contributed by atoms with Crippen LogP contribution in [0.1, 0.15) is 6.42 Å². The molecule has 1 saturated heterocycles. The molecule has 0 radical (unpaired) electrons. The highest BCUT2D eigenvalue weighted by Gasteiger charge is 2.28. The molecule has 1 heterocycles. The largest absolute Gasteiger partial charge is 0.386 e. The molecular weight excluding hydrogens is 158 g/mol. The first-order chi connectivity index (χ1) is 5.77. The number of methoxy groups -OCH3 is 1. The van der Waals surface area contributed by atoms with E-state index in [1.54, 1.807) is 7.11 Å². The molecule has 0 spiro atoms. The average Bonchev–Trinajstić information content (AvgIpc) is 2.27. The van der Waals surface area contributed by atoms with Gasteiger partial charge in [-0.05, 0) is 0 Å². The van der Waals surface area contributed by atoms with E-state index in [-0.39, 0.29) is 0 Å². The predicted octanol–water partition coefficient (Wildman–Crippen LogP) is -0.626. The molecule has 0 aliphatic carbocycles. The van der Waals surface area contributed by atoms with Gasteiger partial charge in [0.05, 0.1) is 13.2 Å². The summed E-state index contributed by atoms with van der Waals surface area (Å²) in [4.78, 5) is 0. The molecule has 0 amide bonds. The summed E-state index contributed by atoms with van der Waals surface area (Å²) >= 11 is 0. The summed E-state index contributed by atoms with van der Waals surface area (Å²) in [6.45, 7) is 3.06. The van der Waals surface area contributed by atoms with Gasteiger partial charge in [-0.25, -0.2) is 0 Å². The molecule has 1 aliphatic rings. The van der Waals surface area contributed by atoms with Crippen molar-refractivity contribution in [3.63, 3.8) is 0 Å². The van der Waals surface area contributed by atoms with E-state index < -0.39 is 5.60 Å². The van der Waals surface area contributed by atoms with Gasteiger partial charge in [-0.15, -0.1) is 0 Å². The molecule has 2 N–H and O–H groups in total. The molecule has 1 atom stereocenters. The first-order valence-electron chi connectivity index (χ1n) is 4.27. The van der Waals surface area contributed by atoms with Gasteiger partial charge in [-0.1, -0.05) is 0 Å². The Balaban J connectivity index is 2.32. The molecule has 0 saturated carbocycles. The lowest BCUT2D eigenvalue weighted by Crippen LogP contribution is -2.43. The Bertz CT molecular complexity index is 121. The summed E-state index contributed by atoms with van der Waals surface area (Å²) in [5.74, 6) is 0. The molecule has 0 aromatic rings. The molecule has 1 unspecified atom stereocenters. The highest BCUT2D eigenvalue weighted by atomic mass is 16.5. The van der Waals surface area contributed by atoms with Crippen LogP contribution >= 0.6 is 0 Å². The maximum absolute atomic E-state index is 9.91. The number of hydrogen-bond donors (Lipinski definition) is 2. The molecule has 4 heteroatoms. The fourth-order valence-electron chi connectivity index (χ4n) is 1.23. The van der Waals surface area contributed by atoms with Gasteiger partial charge < -0.3 is 19.9 Å². The minimum atomic E-state index is -0.744. The summed E-state index contributed by atoms with van der Waals surface area (Å²) in [6, 6.07) is 0. The minimum Gasteiger partial charge on any atom is -0.386 e. The van der Waals surface area contributed by atoms with Crippen LogP contribution in [0.5, 0.6) is 0 Å². The van der Waals surface area contributed by atoms with Crippen LogP contribution in [0.15, 0.2) is 0 Å². The second-order valence-electron chi connectivity index (χ2n) is 3.20. The minimum absolute atomic E-state index is 0.406. The molecule has 1 aliphatic heterocycles. The summed E-state index contributed by atoms with van der Waals surface area (Å²) in [7, 11) is 1.63. The fraction of sp³-hybridized carbons (Fsp3) is 1.00. The fourth-order valence-corrected chi connectivity index (χ4v) is 1.23. The Morgan fingerprint density at radius 3 is 3.25 bits per heavy atom. The van der Waals surface area contributed by atoms with Crippen LogP contribution in [0.3, 0.4) is 0 Å². The van der Waals surface area contributed by atoms with Gasteiger partial charge in [0.2, 0.25) is 0 Å². The Hall–Kier alpha value is -0.160. The zero-order valence-corrected chi connectivity index (χ0v) is 7.51.